The maximum atomic E-state index is 9.37. The first kappa shape index (κ1) is 6.58. The topological polar surface area (TPSA) is 32.7 Å². The number of fused-ring (bicyclic) bond motifs is 2. The summed E-state index contributed by atoms with van der Waals surface area (Å²) in [4.78, 5) is 2.35. The summed E-state index contributed by atoms with van der Waals surface area (Å²) >= 11 is 0. The van der Waals surface area contributed by atoms with Crippen LogP contribution in [0.4, 0.5) is 0 Å². The van der Waals surface area contributed by atoms with Crippen molar-refractivity contribution in [3.8, 4) is 0 Å². The summed E-state index contributed by atoms with van der Waals surface area (Å²) in [5.41, 5.74) is 0. The van der Waals surface area contributed by atoms with Gasteiger partial charge in [0.1, 0.15) is 0 Å². The molecule has 0 aliphatic carbocycles. The molecule has 2 fully saturated rings. The molecule has 2 bridgehead atoms. The predicted molar refractivity (Wildman–Crippen MR) is 36.8 cm³/mol. The Morgan fingerprint density at radius 1 is 1.40 bits per heavy atom. The van der Waals surface area contributed by atoms with Gasteiger partial charge < -0.3 is 9.84 Å². The molecular weight excluding hydrogens is 130 g/mol. The van der Waals surface area contributed by atoms with Crippen molar-refractivity contribution in [1.82, 2.24) is 4.90 Å². The van der Waals surface area contributed by atoms with Crippen LogP contribution in [0.2, 0.25) is 0 Å². The van der Waals surface area contributed by atoms with Crippen molar-refractivity contribution in [2.75, 3.05) is 26.2 Å². The lowest BCUT2D eigenvalue weighted by Crippen LogP contribution is -2.53. The second-order valence-corrected chi connectivity index (χ2v) is 3.07. The molecule has 0 spiro atoms. The molecule has 1 unspecified atom stereocenters. The fraction of sp³-hybridized carbons (Fsp3) is 1.00. The fourth-order valence-corrected chi connectivity index (χ4v) is 1.67. The molecule has 10 heavy (non-hydrogen) atoms. The van der Waals surface area contributed by atoms with E-state index >= 15 is 0 Å². The van der Waals surface area contributed by atoms with Gasteiger partial charge in [-0.05, 0) is 6.42 Å². The molecule has 2 aliphatic rings. The monoisotopic (exact) mass is 143 g/mol. The molecular formula is C7H13NO2. The highest BCUT2D eigenvalue weighted by atomic mass is 16.5. The molecule has 58 valence electrons. The van der Waals surface area contributed by atoms with E-state index in [2.05, 4.69) is 4.90 Å². The van der Waals surface area contributed by atoms with E-state index < -0.39 is 0 Å². The Bertz CT molecular complexity index is 127. The zero-order valence-electron chi connectivity index (χ0n) is 5.99. The minimum Gasteiger partial charge on any atom is -0.390 e. The van der Waals surface area contributed by atoms with E-state index in [1.54, 1.807) is 0 Å². The van der Waals surface area contributed by atoms with Crippen molar-refractivity contribution in [3.05, 3.63) is 0 Å². The average Bonchev–Trinajstić information content (AvgIpc) is 1.99. The standard InChI is InChI=1S/C7H13NO2/c9-6-1-2-8-3-4-10-7(6)5-8/h6-7,9H,1-5H2/t6-,7+/m1/s1. The van der Waals surface area contributed by atoms with Crippen LogP contribution in [0.1, 0.15) is 6.42 Å². The maximum Gasteiger partial charge on any atom is 0.0961 e. The van der Waals surface area contributed by atoms with Crippen molar-refractivity contribution in [2.24, 2.45) is 0 Å². The summed E-state index contributed by atoms with van der Waals surface area (Å²) in [6, 6.07) is 0. The molecule has 0 radical (unpaired) electrons. The van der Waals surface area contributed by atoms with Gasteiger partial charge in [0.25, 0.3) is 0 Å². The third-order valence-electron chi connectivity index (χ3n) is 2.35. The van der Waals surface area contributed by atoms with Crippen molar-refractivity contribution < 1.29 is 9.84 Å². The first-order chi connectivity index (χ1) is 4.86. The van der Waals surface area contributed by atoms with Crippen LogP contribution in [0.5, 0.6) is 0 Å². The Labute approximate surface area is 60.6 Å². The average molecular weight is 143 g/mol. The molecule has 2 rings (SSSR count). The lowest BCUT2D eigenvalue weighted by molar-refractivity contribution is -0.117. The molecule has 0 saturated carbocycles. The highest BCUT2D eigenvalue weighted by molar-refractivity contribution is 4.83. The van der Waals surface area contributed by atoms with Gasteiger partial charge in [-0.15, -0.1) is 0 Å². The normalized spacial score (nSPS) is 47.1. The number of hydrogen-bond donors (Lipinski definition) is 1. The van der Waals surface area contributed by atoms with Crippen LogP contribution < -0.4 is 0 Å². The quantitative estimate of drug-likeness (QED) is 0.494. The summed E-state index contributed by atoms with van der Waals surface area (Å²) in [5, 5.41) is 9.37. The van der Waals surface area contributed by atoms with E-state index in [-0.39, 0.29) is 12.2 Å². The molecule has 2 saturated heterocycles. The van der Waals surface area contributed by atoms with Gasteiger partial charge in [-0.25, -0.2) is 0 Å². The lowest BCUT2D eigenvalue weighted by atomic mass is 10.0. The molecule has 3 heteroatoms. The predicted octanol–water partition coefficient (Wildman–Crippen LogP) is -0.548. The van der Waals surface area contributed by atoms with Crippen molar-refractivity contribution >= 4 is 0 Å². The van der Waals surface area contributed by atoms with E-state index in [1.807, 2.05) is 0 Å². The Morgan fingerprint density at radius 3 is 3.10 bits per heavy atom. The SMILES string of the molecule is O[C@@H]1CCN2CCO[C@H]1C2. The zero-order valence-corrected chi connectivity index (χ0v) is 5.99. The fourth-order valence-electron chi connectivity index (χ4n) is 1.67. The van der Waals surface area contributed by atoms with Gasteiger partial charge in [-0.2, -0.15) is 0 Å². The Balaban J connectivity index is 2.00. The summed E-state index contributed by atoms with van der Waals surface area (Å²) in [6.07, 6.45) is 0.768. The number of piperidine rings is 1. The Kier molecular flexibility index (Phi) is 1.64. The third kappa shape index (κ3) is 1.05. The first-order valence-electron chi connectivity index (χ1n) is 3.88. The number of morpholine rings is 1. The summed E-state index contributed by atoms with van der Waals surface area (Å²) in [5.74, 6) is 0. The smallest absolute Gasteiger partial charge is 0.0961 e. The number of hydrogen-bond acceptors (Lipinski definition) is 3. The third-order valence-corrected chi connectivity index (χ3v) is 2.35. The minimum absolute atomic E-state index is 0.0995. The van der Waals surface area contributed by atoms with Gasteiger partial charge in [-0.3, -0.25) is 4.90 Å². The number of aliphatic hydroxyl groups is 1. The minimum atomic E-state index is -0.212. The Hall–Kier alpha value is -0.120. The van der Waals surface area contributed by atoms with Crippen LogP contribution >= 0.6 is 0 Å². The number of aliphatic hydroxyl groups excluding tert-OH is 1. The largest absolute Gasteiger partial charge is 0.390 e. The van der Waals surface area contributed by atoms with E-state index in [9.17, 15) is 5.11 Å². The Morgan fingerprint density at radius 2 is 2.30 bits per heavy atom. The number of rotatable bonds is 0. The summed E-state index contributed by atoms with van der Waals surface area (Å²) in [7, 11) is 0. The van der Waals surface area contributed by atoms with E-state index in [4.69, 9.17) is 4.74 Å². The van der Waals surface area contributed by atoms with Crippen LogP contribution in [0.3, 0.4) is 0 Å². The van der Waals surface area contributed by atoms with Gasteiger partial charge in [0.15, 0.2) is 0 Å². The molecule has 0 aromatic heterocycles. The molecule has 1 N–H and O–H groups in total. The van der Waals surface area contributed by atoms with Crippen molar-refractivity contribution in [1.29, 1.82) is 0 Å². The van der Waals surface area contributed by atoms with E-state index in [0.717, 1.165) is 32.7 Å². The molecule has 2 heterocycles. The molecule has 3 nitrogen and oxygen atoms in total. The molecule has 2 aliphatic heterocycles. The second kappa shape index (κ2) is 2.49. The van der Waals surface area contributed by atoms with Crippen LogP contribution in [0.25, 0.3) is 0 Å². The zero-order chi connectivity index (χ0) is 6.97. The first-order valence-corrected chi connectivity index (χ1v) is 3.88. The number of ether oxygens (including phenoxy) is 1. The number of nitrogens with zero attached hydrogens (tertiary/aromatic N) is 1. The van der Waals surface area contributed by atoms with Crippen LogP contribution in [-0.4, -0.2) is 48.5 Å². The maximum absolute atomic E-state index is 9.37. The summed E-state index contributed by atoms with van der Waals surface area (Å²) < 4.78 is 5.37. The lowest BCUT2D eigenvalue weighted by Gasteiger charge is -2.40. The highest BCUT2D eigenvalue weighted by Gasteiger charge is 2.31. The summed E-state index contributed by atoms with van der Waals surface area (Å²) in [6.45, 7) is 3.81. The van der Waals surface area contributed by atoms with Crippen molar-refractivity contribution in [2.45, 2.75) is 18.6 Å². The highest BCUT2D eigenvalue weighted by Crippen LogP contribution is 2.17. The van der Waals surface area contributed by atoms with E-state index in [1.165, 1.54) is 0 Å². The van der Waals surface area contributed by atoms with Gasteiger partial charge >= 0.3 is 0 Å². The van der Waals surface area contributed by atoms with Gasteiger partial charge in [0.2, 0.25) is 0 Å². The van der Waals surface area contributed by atoms with Crippen LogP contribution in [-0.2, 0) is 4.74 Å². The second-order valence-electron chi connectivity index (χ2n) is 3.07. The van der Waals surface area contributed by atoms with Gasteiger partial charge in [-0.1, -0.05) is 0 Å². The molecule has 0 amide bonds. The van der Waals surface area contributed by atoms with Crippen LogP contribution in [0, 0.1) is 0 Å². The van der Waals surface area contributed by atoms with Gasteiger partial charge in [0, 0.05) is 19.6 Å². The van der Waals surface area contributed by atoms with Crippen LogP contribution in [0.15, 0.2) is 0 Å². The van der Waals surface area contributed by atoms with Gasteiger partial charge in [0.05, 0.1) is 18.8 Å². The van der Waals surface area contributed by atoms with E-state index in [0.29, 0.717) is 0 Å². The molecule has 3 atom stereocenters. The molecule has 0 aromatic rings. The van der Waals surface area contributed by atoms with Crippen molar-refractivity contribution in [3.63, 3.8) is 0 Å². The molecule has 0 aromatic carbocycles.